The zero-order valence-corrected chi connectivity index (χ0v) is 7.10. The second kappa shape index (κ2) is 3.84. The first-order chi connectivity index (χ1) is 6.19. The lowest BCUT2D eigenvalue weighted by Gasteiger charge is -2.18. The molecule has 0 amide bonds. The maximum Gasteiger partial charge on any atom is 0.371 e. The molecule has 1 rings (SSSR count). The Morgan fingerprint density at radius 3 is 2.92 bits per heavy atom. The van der Waals surface area contributed by atoms with Crippen LogP contribution in [0, 0.1) is 0 Å². The minimum atomic E-state index is -1.17. The highest BCUT2D eigenvalue weighted by atomic mass is 16.5. The molecule has 0 spiro atoms. The number of rotatable bonds is 3. The topological polar surface area (TPSA) is 81.2 Å². The molecule has 5 nitrogen and oxygen atoms in total. The van der Waals surface area contributed by atoms with E-state index in [1.807, 2.05) is 6.92 Å². The molecular weight excluding hydrogens is 172 g/mol. The second-order valence-electron chi connectivity index (χ2n) is 2.52. The Bertz CT molecular complexity index is 294. The summed E-state index contributed by atoms with van der Waals surface area (Å²) in [6, 6.07) is 0. The van der Waals surface area contributed by atoms with Crippen LogP contribution in [0.1, 0.15) is 13.3 Å². The van der Waals surface area contributed by atoms with Gasteiger partial charge in [0.25, 0.3) is 0 Å². The molecule has 0 aromatic rings. The van der Waals surface area contributed by atoms with Crippen LogP contribution in [0.25, 0.3) is 0 Å². The average molecular weight is 181 g/mol. The zero-order chi connectivity index (χ0) is 9.84. The Kier molecular flexibility index (Phi) is 2.79. The van der Waals surface area contributed by atoms with Crippen molar-refractivity contribution in [2.45, 2.75) is 19.6 Å². The summed E-state index contributed by atoms with van der Waals surface area (Å²) in [7, 11) is 0. The lowest BCUT2D eigenvalue weighted by Crippen LogP contribution is -2.19. The molecule has 0 saturated carbocycles. The third-order valence-electron chi connectivity index (χ3n) is 1.73. The van der Waals surface area contributed by atoms with Gasteiger partial charge in [-0.25, -0.2) is 4.79 Å². The molecule has 0 aromatic heterocycles. The Morgan fingerprint density at radius 2 is 2.46 bits per heavy atom. The van der Waals surface area contributed by atoms with E-state index in [1.54, 1.807) is 6.08 Å². The van der Waals surface area contributed by atoms with Crippen molar-refractivity contribution in [2.75, 3.05) is 0 Å². The van der Waals surface area contributed by atoms with Crippen LogP contribution in [0.2, 0.25) is 0 Å². The van der Waals surface area contributed by atoms with E-state index in [-0.39, 0.29) is 5.76 Å². The van der Waals surface area contributed by atoms with Crippen LogP contribution in [0.5, 0.6) is 0 Å². The SMILES string of the molecule is CCC1=CC=C(C(=O)O)OC1N=[N]. The molecule has 0 saturated heterocycles. The summed E-state index contributed by atoms with van der Waals surface area (Å²) < 4.78 is 4.88. The third-order valence-corrected chi connectivity index (χ3v) is 1.73. The lowest BCUT2D eigenvalue weighted by atomic mass is 10.1. The van der Waals surface area contributed by atoms with Gasteiger partial charge < -0.3 is 9.84 Å². The minimum Gasteiger partial charge on any atom is -0.475 e. The number of aliphatic carboxylic acids is 1. The first-order valence-corrected chi connectivity index (χ1v) is 3.84. The van der Waals surface area contributed by atoms with Crippen molar-refractivity contribution < 1.29 is 14.6 Å². The predicted molar refractivity (Wildman–Crippen MR) is 43.5 cm³/mol. The van der Waals surface area contributed by atoms with Gasteiger partial charge in [-0.2, -0.15) is 0 Å². The predicted octanol–water partition coefficient (Wildman–Crippen LogP) is 0.900. The first-order valence-electron chi connectivity index (χ1n) is 3.84. The fourth-order valence-corrected chi connectivity index (χ4v) is 1.01. The molecule has 1 aliphatic heterocycles. The number of carbonyl (C=O) groups is 1. The van der Waals surface area contributed by atoms with E-state index in [0.29, 0.717) is 6.42 Å². The molecule has 1 N–H and O–H groups in total. The van der Waals surface area contributed by atoms with Crippen molar-refractivity contribution in [3.63, 3.8) is 0 Å². The Morgan fingerprint density at radius 1 is 1.77 bits per heavy atom. The lowest BCUT2D eigenvalue weighted by molar-refractivity contribution is -0.137. The Hall–Kier alpha value is -1.65. The largest absolute Gasteiger partial charge is 0.475 e. The van der Waals surface area contributed by atoms with Crippen LogP contribution in [0.15, 0.2) is 28.6 Å². The summed E-state index contributed by atoms with van der Waals surface area (Å²) >= 11 is 0. The Labute approximate surface area is 75.2 Å². The molecule has 1 aliphatic rings. The van der Waals surface area contributed by atoms with Crippen LogP contribution in [0.3, 0.4) is 0 Å². The van der Waals surface area contributed by atoms with Crippen molar-refractivity contribution in [1.29, 1.82) is 0 Å². The van der Waals surface area contributed by atoms with Crippen LogP contribution in [-0.2, 0) is 9.53 Å². The fraction of sp³-hybridized carbons (Fsp3) is 0.375. The number of ether oxygens (including phenoxy) is 1. The smallest absolute Gasteiger partial charge is 0.371 e. The summed E-state index contributed by atoms with van der Waals surface area (Å²) in [6.45, 7) is 1.87. The highest BCUT2D eigenvalue weighted by Gasteiger charge is 2.22. The van der Waals surface area contributed by atoms with Gasteiger partial charge in [-0.3, -0.25) is 0 Å². The van der Waals surface area contributed by atoms with Gasteiger partial charge in [0.15, 0.2) is 0 Å². The van der Waals surface area contributed by atoms with E-state index >= 15 is 0 Å². The first kappa shape index (κ1) is 9.44. The fourth-order valence-electron chi connectivity index (χ4n) is 1.01. The van der Waals surface area contributed by atoms with Gasteiger partial charge in [-0.15, -0.1) is 5.11 Å². The summed E-state index contributed by atoms with van der Waals surface area (Å²) in [5.41, 5.74) is 9.27. The Balaban J connectivity index is 2.88. The highest BCUT2D eigenvalue weighted by molar-refractivity contribution is 5.85. The molecule has 5 heteroatoms. The molecule has 13 heavy (non-hydrogen) atoms. The number of carboxylic acids is 1. The molecule has 0 fully saturated rings. The van der Waals surface area contributed by atoms with E-state index < -0.39 is 12.2 Å². The van der Waals surface area contributed by atoms with E-state index in [0.717, 1.165) is 5.57 Å². The minimum absolute atomic E-state index is 0.208. The molecule has 0 aromatic carbocycles. The van der Waals surface area contributed by atoms with Crippen LogP contribution in [0.4, 0.5) is 0 Å². The third kappa shape index (κ3) is 1.93. The maximum atomic E-state index is 10.5. The molecule has 1 heterocycles. The monoisotopic (exact) mass is 181 g/mol. The van der Waals surface area contributed by atoms with Crippen molar-refractivity contribution in [1.82, 2.24) is 5.53 Å². The summed E-state index contributed by atoms with van der Waals surface area (Å²) in [4.78, 5) is 10.5. The quantitative estimate of drug-likeness (QED) is 0.656. The second-order valence-corrected chi connectivity index (χ2v) is 2.52. The van der Waals surface area contributed by atoms with Gasteiger partial charge in [0.2, 0.25) is 12.0 Å². The summed E-state index contributed by atoms with van der Waals surface area (Å²) in [5.74, 6) is -1.37. The van der Waals surface area contributed by atoms with Crippen LogP contribution < -0.4 is 5.53 Å². The number of hydrogen-bond acceptors (Lipinski definition) is 3. The van der Waals surface area contributed by atoms with E-state index in [4.69, 9.17) is 15.4 Å². The van der Waals surface area contributed by atoms with E-state index in [1.165, 1.54) is 6.08 Å². The molecule has 1 unspecified atom stereocenters. The summed E-state index contributed by atoms with van der Waals surface area (Å²) in [6.07, 6.45) is 2.72. The van der Waals surface area contributed by atoms with Gasteiger partial charge in [0.1, 0.15) is 0 Å². The molecule has 0 aliphatic carbocycles. The molecule has 0 bridgehead atoms. The van der Waals surface area contributed by atoms with E-state index in [9.17, 15) is 4.79 Å². The summed E-state index contributed by atoms with van der Waals surface area (Å²) in [5, 5.41) is 11.5. The van der Waals surface area contributed by atoms with Gasteiger partial charge in [0.05, 0.1) is 0 Å². The van der Waals surface area contributed by atoms with E-state index in [2.05, 4.69) is 5.11 Å². The zero-order valence-electron chi connectivity index (χ0n) is 7.10. The van der Waals surface area contributed by atoms with Gasteiger partial charge in [-0.05, 0) is 23.6 Å². The van der Waals surface area contributed by atoms with Gasteiger partial charge >= 0.3 is 5.97 Å². The number of nitrogens with zero attached hydrogens (tertiary/aromatic N) is 2. The number of allylic oxidation sites excluding steroid dienone is 2. The van der Waals surface area contributed by atoms with Gasteiger partial charge in [0, 0.05) is 0 Å². The standard InChI is InChI=1S/C8H9N2O3/c1-2-5-3-4-6(8(11)12)13-7(5)10-9/h3-4,7H,2H2,1H3,(H,11,12). The number of hydrogen-bond donors (Lipinski definition) is 1. The van der Waals surface area contributed by atoms with Gasteiger partial charge in [-0.1, -0.05) is 13.0 Å². The average Bonchev–Trinajstić information content (AvgIpc) is 2.16. The van der Waals surface area contributed by atoms with Crippen LogP contribution >= 0.6 is 0 Å². The maximum absolute atomic E-state index is 10.5. The molecule has 69 valence electrons. The normalized spacial score (nSPS) is 21.2. The van der Waals surface area contributed by atoms with Crippen molar-refractivity contribution in [3.8, 4) is 0 Å². The van der Waals surface area contributed by atoms with Crippen LogP contribution in [-0.4, -0.2) is 17.3 Å². The molecule has 1 atom stereocenters. The number of carboxylic acid groups (broad SMARTS) is 1. The molecule has 1 radical (unpaired) electrons. The molecular formula is C8H9N2O3. The highest BCUT2D eigenvalue weighted by Crippen LogP contribution is 2.20. The van der Waals surface area contributed by atoms with Crippen molar-refractivity contribution in [3.05, 3.63) is 23.5 Å². The van der Waals surface area contributed by atoms with Crippen molar-refractivity contribution in [2.24, 2.45) is 5.11 Å². The van der Waals surface area contributed by atoms with Crippen molar-refractivity contribution >= 4 is 5.97 Å².